The zero-order chi connectivity index (χ0) is 12.6. The van der Waals surface area contributed by atoms with E-state index >= 15 is 0 Å². The van der Waals surface area contributed by atoms with Crippen LogP contribution < -0.4 is 5.32 Å². The number of halogens is 2. The number of hydrogen-bond donors (Lipinski definition) is 1. The first-order chi connectivity index (χ1) is 8.67. The maximum absolute atomic E-state index is 6.27. The van der Waals surface area contributed by atoms with Gasteiger partial charge in [-0.2, -0.15) is 0 Å². The lowest BCUT2D eigenvalue weighted by Gasteiger charge is -2.23. The van der Waals surface area contributed by atoms with Gasteiger partial charge in [-0.25, -0.2) is 0 Å². The van der Waals surface area contributed by atoms with Gasteiger partial charge in [0.1, 0.15) is 0 Å². The molecule has 1 atom stereocenters. The molecule has 0 aromatic heterocycles. The van der Waals surface area contributed by atoms with Crippen molar-refractivity contribution in [1.29, 1.82) is 0 Å². The van der Waals surface area contributed by atoms with Crippen LogP contribution in [0.1, 0.15) is 18.4 Å². The molecule has 1 spiro atoms. The molecule has 1 N–H and O–H groups in total. The maximum atomic E-state index is 6.27. The Bertz CT molecular complexity index is 443. The molecular formula is C14H18BrClN2. The summed E-state index contributed by atoms with van der Waals surface area (Å²) in [6.45, 7) is 5.76. The first kappa shape index (κ1) is 12.9. The Morgan fingerprint density at radius 3 is 3.06 bits per heavy atom. The van der Waals surface area contributed by atoms with Gasteiger partial charge in [0.25, 0.3) is 0 Å². The van der Waals surface area contributed by atoms with E-state index in [0.29, 0.717) is 5.41 Å². The molecule has 2 nitrogen and oxygen atoms in total. The summed E-state index contributed by atoms with van der Waals surface area (Å²) < 4.78 is 1.11. The molecule has 2 aliphatic heterocycles. The molecular weight excluding hydrogens is 312 g/mol. The third kappa shape index (κ3) is 2.60. The number of benzene rings is 1. The zero-order valence-corrected chi connectivity index (χ0v) is 12.7. The van der Waals surface area contributed by atoms with Crippen molar-refractivity contribution < 1.29 is 0 Å². The van der Waals surface area contributed by atoms with E-state index in [1.54, 1.807) is 0 Å². The van der Waals surface area contributed by atoms with E-state index in [-0.39, 0.29) is 0 Å². The summed E-state index contributed by atoms with van der Waals surface area (Å²) in [5, 5.41) is 4.38. The highest BCUT2D eigenvalue weighted by Crippen LogP contribution is 2.37. The van der Waals surface area contributed by atoms with E-state index in [4.69, 9.17) is 11.6 Å². The molecule has 0 aliphatic carbocycles. The van der Waals surface area contributed by atoms with E-state index in [1.807, 2.05) is 12.1 Å². The molecule has 2 fully saturated rings. The smallest absolute Gasteiger partial charge is 0.0451 e. The first-order valence-electron chi connectivity index (χ1n) is 6.54. The molecule has 0 bridgehead atoms. The summed E-state index contributed by atoms with van der Waals surface area (Å²) >= 11 is 9.78. The molecule has 18 heavy (non-hydrogen) atoms. The summed E-state index contributed by atoms with van der Waals surface area (Å²) in [4.78, 5) is 2.54. The summed E-state index contributed by atoms with van der Waals surface area (Å²) in [5.41, 5.74) is 1.77. The van der Waals surface area contributed by atoms with Gasteiger partial charge in [0.05, 0.1) is 0 Å². The predicted octanol–water partition coefficient (Wildman–Crippen LogP) is 3.29. The fourth-order valence-electron chi connectivity index (χ4n) is 3.21. The van der Waals surface area contributed by atoms with Gasteiger partial charge in [0, 0.05) is 29.1 Å². The number of rotatable bonds is 2. The zero-order valence-electron chi connectivity index (χ0n) is 10.4. The second-order valence-electron chi connectivity index (χ2n) is 5.62. The van der Waals surface area contributed by atoms with Crippen LogP contribution in [-0.4, -0.2) is 31.1 Å². The van der Waals surface area contributed by atoms with Gasteiger partial charge >= 0.3 is 0 Å². The average Bonchev–Trinajstić information content (AvgIpc) is 2.95. The van der Waals surface area contributed by atoms with Crippen molar-refractivity contribution in [2.24, 2.45) is 5.41 Å². The topological polar surface area (TPSA) is 15.3 Å². The Kier molecular flexibility index (Phi) is 3.68. The van der Waals surface area contributed by atoms with Crippen molar-refractivity contribution in [2.75, 3.05) is 26.2 Å². The average molecular weight is 330 g/mol. The summed E-state index contributed by atoms with van der Waals surface area (Å²) in [6, 6.07) is 6.11. The van der Waals surface area contributed by atoms with Crippen molar-refractivity contribution in [3.05, 3.63) is 33.3 Å². The standard InChI is InChI=1S/C14H18BrClN2/c15-12-1-2-13(16)11(7-12)8-18-6-4-14(10-18)3-5-17-9-14/h1-2,7,17H,3-6,8-10H2. The van der Waals surface area contributed by atoms with E-state index in [9.17, 15) is 0 Å². The largest absolute Gasteiger partial charge is 0.316 e. The van der Waals surface area contributed by atoms with Crippen molar-refractivity contribution in [3.8, 4) is 0 Å². The van der Waals surface area contributed by atoms with E-state index < -0.39 is 0 Å². The van der Waals surface area contributed by atoms with E-state index in [2.05, 4.69) is 32.2 Å². The van der Waals surface area contributed by atoms with Crippen LogP contribution >= 0.6 is 27.5 Å². The van der Waals surface area contributed by atoms with Gasteiger partial charge in [-0.15, -0.1) is 0 Å². The summed E-state index contributed by atoms with van der Waals surface area (Å²) in [6.07, 6.45) is 2.65. The second-order valence-corrected chi connectivity index (χ2v) is 6.95. The highest BCUT2D eigenvalue weighted by atomic mass is 79.9. The Balaban J connectivity index is 1.69. The number of hydrogen-bond acceptors (Lipinski definition) is 2. The van der Waals surface area contributed by atoms with Crippen molar-refractivity contribution in [2.45, 2.75) is 19.4 Å². The first-order valence-corrected chi connectivity index (χ1v) is 7.71. The highest BCUT2D eigenvalue weighted by molar-refractivity contribution is 9.10. The Labute approximate surface area is 122 Å². The molecule has 0 radical (unpaired) electrons. The minimum absolute atomic E-state index is 0.540. The van der Waals surface area contributed by atoms with Crippen LogP contribution in [0.3, 0.4) is 0 Å². The van der Waals surface area contributed by atoms with Crippen molar-refractivity contribution in [3.63, 3.8) is 0 Å². The van der Waals surface area contributed by atoms with Crippen LogP contribution in [0.5, 0.6) is 0 Å². The summed E-state index contributed by atoms with van der Waals surface area (Å²) in [5.74, 6) is 0. The Morgan fingerprint density at radius 1 is 1.39 bits per heavy atom. The molecule has 1 aromatic carbocycles. The minimum Gasteiger partial charge on any atom is -0.316 e. The van der Waals surface area contributed by atoms with Gasteiger partial charge in [0.2, 0.25) is 0 Å². The van der Waals surface area contributed by atoms with Gasteiger partial charge < -0.3 is 5.32 Å². The summed E-state index contributed by atoms with van der Waals surface area (Å²) in [7, 11) is 0. The van der Waals surface area contributed by atoms with Crippen LogP contribution in [-0.2, 0) is 6.54 Å². The second kappa shape index (κ2) is 5.12. The minimum atomic E-state index is 0.540. The van der Waals surface area contributed by atoms with Crippen molar-refractivity contribution >= 4 is 27.5 Å². The fourth-order valence-corrected chi connectivity index (χ4v) is 3.80. The fraction of sp³-hybridized carbons (Fsp3) is 0.571. The van der Waals surface area contributed by atoms with Crippen LogP contribution in [0.2, 0.25) is 5.02 Å². The normalized spacial score (nSPS) is 28.3. The van der Waals surface area contributed by atoms with Gasteiger partial charge in [-0.3, -0.25) is 4.90 Å². The molecule has 1 unspecified atom stereocenters. The molecule has 0 amide bonds. The Morgan fingerprint density at radius 2 is 2.28 bits per heavy atom. The lowest BCUT2D eigenvalue weighted by Crippen LogP contribution is -2.29. The van der Waals surface area contributed by atoms with E-state index in [1.165, 1.54) is 44.6 Å². The van der Waals surface area contributed by atoms with Crippen LogP contribution in [0, 0.1) is 5.41 Å². The molecule has 2 aliphatic rings. The molecule has 3 rings (SSSR count). The molecule has 4 heteroatoms. The van der Waals surface area contributed by atoms with Gasteiger partial charge in [-0.1, -0.05) is 27.5 Å². The van der Waals surface area contributed by atoms with Crippen LogP contribution in [0.4, 0.5) is 0 Å². The Hall–Kier alpha value is -0.0900. The maximum Gasteiger partial charge on any atom is 0.0451 e. The van der Waals surface area contributed by atoms with Gasteiger partial charge in [0.15, 0.2) is 0 Å². The van der Waals surface area contributed by atoms with Gasteiger partial charge in [-0.05, 0) is 55.1 Å². The molecule has 1 aromatic rings. The number of nitrogens with one attached hydrogen (secondary N) is 1. The third-order valence-electron chi connectivity index (χ3n) is 4.25. The molecule has 0 saturated carbocycles. The quantitative estimate of drug-likeness (QED) is 0.896. The lowest BCUT2D eigenvalue weighted by molar-refractivity contribution is 0.268. The molecule has 98 valence electrons. The lowest BCUT2D eigenvalue weighted by atomic mass is 9.86. The third-order valence-corrected chi connectivity index (χ3v) is 5.11. The number of nitrogens with zero attached hydrogens (tertiary/aromatic N) is 1. The van der Waals surface area contributed by atoms with Crippen LogP contribution in [0.25, 0.3) is 0 Å². The monoisotopic (exact) mass is 328 g/mol. The van der Waals surface area contributed by atoms with Crippen LogP contribution in [0.15, 0.2) is 22.7 Å². The van der Waals surface area contributed by atoms with Crippen molar-refractivity contribution in [1.82, 2.24) is 10.2 Å². The number of likely N-dealkylation sites (tertiary alicyclic amines) is 1. The predicted molar refractivity (Wildman–Crippen MR) is 79.0 cm³/mol. The SMILES string of the molecule is Clc1ccc(Br)cc1CN1CCC2(CCNC2)C1. The highest BCUT2D eigenvalue weighted by Gasteiger charge is 2.40. The molecule has 2 heterocycles. The van der Waals surface area contributed by atoms with E-state index in [0.717, 1.165) is 16.0 Å². The molecule has 2 saturated heterocycles.